The van der Waals surface area contributed by atoms with E-state index in [0.29, 0.717) is 11.5 Å². The molecule has 0 heterocycles. The highest BCUT2D eigenvalue weighted by Crippen LogP contribution is 2.39. The second kappa shape index (κ2) is 7.46. The van der Waals surface area contributed by atoms with E-state index in [1.54, 1.807) is 24.3 Å². The van der Waals surface area contributed by atoms with Gasteiger partial charge in [-0.2, -0.15) is 0 Å². The molecule has 24 heavy (non-hydrogen) atoms. The number of benzene rings is 2. The predicted molar refractivity (Wildman–Crippen MR) is 96.1 cm³/mol. The Morgan fingerprint density at radius 3 is 2.04 bits per heavy atom. The fourth-order valence-corrected chi connectivity index (χ4v) is 4.02. The summed E-state index contributed by atoms with van der Waals surface area (Å²) in [5.41, 5.74) is 2.61. The first kappa shape index (κ1) is 17.1. The summed E-state index contributed by atoms with van der Waals surface area (Å²) >= 11 is 0. The molecule has 0 unspecified atom stereocenters. The molecule has 1 aliphatic carbocycles. The number of halogens is 2. The van der Waals surface area contributed by atoms with Crippen LogP contribution in [0.4, 0.5) is 8.78 Å². The van der Waals surface area contributed by atoms with Gasteiger partial charge < -0.3 is 0 Å². The lowest BCUT2D eigenvalue weighted by Crippen LogP contribution is -2.13. The molecule has 0 aliphatic heterocycles. The molecular formula is C22H26F2. The molecule has 1 fully saturated rings. The van der Waals surface area contributed by atoms with Crippen LogP contribution in [0.15, 0.2) is 36.4 Å². The quantitative estimate of drug-likeness (QED) is 0.566. The summed E-state index contributed by atoms with van der Waals surface area (Å²) in [6, 6.07) is 10.5. The molecule has 3 rings (SSSR count). The van der Waals surface area contributed by atoms with Gasteiger partial charge in [-0.1, -0.05) is 49.6 Å². The summed E-state index contributed by atoms with van der Waals surface area (Å²) in [6.45, 7) is 4.19. The maximum absolute atomic E-state index is 14.6. The molecule has 2 heteroatoms. The number of aryl methyl sites for hydroxylation is 1. The molecule has 0 saturated heterocycles. The van der Waals surface area contributed by atoms with Crippen LogP contribution in [-0.2, 0) is 0 Å². The van der Waals surface area contributed by atoms with Gasteiger partial charge in [-0.25, -0.2) is 8.78 Å². The summed E-state index contributed by atoms with van der Waals surface area (Å²) in [5, 5.41) is 0. The highest BCUT2D eigenvalue weighted by Gasteiger charge is 2.24. The topological polar surface area (TPSA) is 0 Å². The summed E-state index contributed by atoms with van der Waals surface area (Å²) in [6.07, 6.45) is 6.97. The van der Waals surface area contributed by atoms with Crippen molar-refractivity contribution >= 4 is 0 Å². The Kier molecular flexibility index (Phi) is 5.33. The minimum atomic E-state index is -0.440. The first-order chi connectivity index (χ1) is 11.6. The zero-order valence-corrected chi connectivity index (χ0v) is 14.6. The minimum Gasteiger partial charge on any atom is -0.206 e. The Morgan fingerprint density at radius 1 is 0.917 bits per heavy atom. The van der Waals surface area contributed by atoms with E-state index >= 15 is 0 Å². The molecule has 0 spiro atoms. The van der Waals surface area contributed by atoms with E-state index in [9.17, 15) is 8.78 Å². The van der Waals surface area contributed by atoms with E-state index < -0.39 is 11.6 Å². The van der Waals surface area contributed by atoms with E-state index in [1.807, 2.05) is 19.1 Å². The van der Waals surface area contributed by atoms with Crippen molar-refractivity contribution in [3.05, 3.63) is 59.2 Å². The zero-order valence-electron chi connectivity index (χ0n) is 14.6. The second-order valence-corrected chi connectivity index (χ2v) is 7.23. The Bertz CT molecular complexity index is 657. The van der Waals surface area contributed by atoms with Gasteiger partial charge >= 0.3 is 0 Å². The third-order valence-corrected chi connectivity index (χ3v) is 5.42. The molecular weight excluding hydrogens is 302 g/mol. The summed E-state index contributed by atoms with van der Waals surface area (Å²) < 4.78 is 29.2. The van der Waals surface area contributed by atoms with E-state index in [1.165, 1.54) is 25.7 Å². The van der Waals surface area contributed by atoms with Crippen LogP contribution < -0.4 is 0 Å². The van der Waals surface area contributed by atoms with Crippen molar-refractivity contribution in [2.75, 3.05) is 0 Å². The van der Waals surface area contributed by atoms with Crippen molar-refractivity contribution in [3.8, 4) is 11.1 Å². The van der Waals surface area contributed by atoms with Crippen molar-refractivity contribution in [2.24, 2.45) is 5.92 Å². The van der Waals surface area contributed by atoms with Crippen molar-refractivity contribution < 1.29 is 8.78 Å². The fraction of sp³-hybridized carbons (Fsp3) is 0.455. The Balaban J connectivity index is 1.81. The van der Waals surface area contributed by atoms with Crippen LogP contribution in [0.5, 0.6) is 0 Å². The minimum absolute atomic E-state index is 0.0958. The van der Waals surface area contributed by atoms with Crippen molar-refractivity contribution in [2.45, 2.75) is 58.3 Å². The average molecular weight is 328 g/mol. The van der Waals surface area contributed by atoms with Crippen LogP contribution in [0.3, 0.4) is 0 Å². The molecule has 0 radical (unpaired) electrons. The fourth-order valence-electron chi connectivity index (χ4n) is 4.02. The molecule has 0 bridgehead atoms. The van der Waals surface area contributed by atoms with Crippen LogP contribution in [0.25, 0.3) is 11.1 Å². The molecule has 1 aliphatic rings. The smallest absolute Gasteiger partial charge is 0.134 e. The van der Waals surface area contributed by atoms with Gasteiger partial charge in [0, 0.05) is 0 Å². The van der Waals surface area contributed by atoms with E-state index in [4.69, 9.17) is 0 Å². The summed E-state index contributed by atoms with van der Waals surface area (Å²) in [5.74, 6) is 0.219. The van der Waals surface area contributed by atoms with Gasteiger partial charge in [0.05, 0.1) is 5.56 Å². The number of hydrogen-bond acceptors (Lipinski definition) is 0. The van der Waals surface area contributed by atoms with Gasteiger partial charge in [0.15, 0.2) is 0 Å². The summed E-state index contributed by atoms with van der Waals surface area (Å²) in [4.78, 5) is 0. The van der Waals surface area contributed by atoms with Gasteiger partial charge in [-0.05, 0) is 67.7 Å². The van der Waals surface area contributed by atoms with Crippen molar-refractivity contribution in [1.82, 2.24) is 0 Å². The van der Waals surface area contributed by atoms with Gasteiger partial charge in [-0.3, -0.25) is 0 Å². The first-order valence-corrected chi connectivity index (χ1v) is 9.14. The molecule has 0 amide bonds. The van der Waals surface area contributed by atoms with Gasteiger partial charge in [0.25, 0.3) is 0 Å². The lowest BCUT2D eigenvalue weighted by molar-refractivity contribution is 0.307. The second-order valence-electron chi connectivity index (χ2n) is 7.23. The lowest BCUT2D eigenvalue weighted by Gasteiger charge is -2.29. The van der Waals surface area contributed by atoms with E-state index in [0.717, 1.165) is 29.9 Å². The third-order valence-electron chi connectivity index (χ3n) is 5.42. The number of rotatable bonds is 4. The van der Waals surface area contributed by atoms with Gasteiger partial charge in [0.2, 0.25) is 0 Å². The Labute approximate surface area is 143 Å². The summed E-state index contributed by atoms with van der Waals surface area (Å²) in [7, 11) is 0. The average Bonchev–Trinajstić information content (AvgIpc) is 2.57. The molecule has 2 aromatic carbocycles. The molecule has 0 atom stereocenters. The zero-order chi connectivity index (χ0) is 17.1. The van der Waals surface area contributed by atoms with Crippen molar-refractivity contribution in [1.29, 1.82) is 0 Å². The molecule has 1 saturated carbocycles. The predicted octanol–water partition coefficient (Wildman–Crippen LogP) is 7.01. The molecule has 2 aromatic rings. The molecule has 0 aromatic heterocycles. The molecule has 128 valence electrons. The van der Waals surface area contributed by atoms with E-state index in [-0.39, 0.29) is 5.56 Å². The molecule has 0 N–H and O–H groups in total. The standard InChI is InChI=1S/C22H26F2/c1-3-4-16-7-11-17(12-8-16)19-13-20(23)22(21(24)14-19)18-9-5-15(2)6-10-18/h5-6,9-10,13-14,16-17H,3-4,7-8,11-12H2,1-2H3. The highest BCUT2D eigenvalue weighted by molar-refractivity contribution is 5.65. The highest BCUT2D eigenvalue weighted by atomic mass is 19.1. The SMILES string of the molecule is CCCC1CCC(c2cc(F)c(-c3ccc(C)cc3)c(F)c2)CC1. The van der Waals surface area contributed by atoms with Crippen LogP contribution in [0.1, 0.15) is 62.5 Å². The Hall–Kier alpha value is -1.70. The Morgan fingerprint density at radius 2 is 1.50 bits per heavy atom. The van der Waals surface area contributed by atoms with Crippen LogP contribution >= 0.6 is 0 Å². The normalized spacial score (nSPS) is 21.0. The van der Waals surface area contributed by atoms with Crippen molar-refractivity contribution in [3.63, 3.8) is 0 Å². The molecule has 0 nitrogen and oxygen atoms in total. The third kappa shape index (κ3) is 3.68. The van der Waals surface area contributed by atoms with Gasteiger partial charge in [0.1, 0.15) is 11.6 Å². The maximum Gasteiger partial charge on any atom is 0.134 e. The van der Waals surface area contributed by atoms with E-state index in [2.05, 4.69) is 6.92 Å². The van der Waals surface area contributed by atoms with Crippen LogP contribution in [-0.4, -0.2) is 0 Å². The first-order valence-electron chi connectivity index (χ1n) is 9.14. The number of hydrogen-bond donors (Lipinski definition) is 0. The maximum atomic E-state index is 14.6. The van der Waals surface area contributed by atoms with Crippen LogP contribution in [0.2, 0.25) is 0 Å². The monoisotopic (exact) mass is 328 g/mol. The largest absolute Gasteiger partial charge is 0.206 e. The van der Waals surface area contributed by atoms with Gasteiger partial charge in [-0.15, -0.1) is 0 Å². The lowest BCUT2D eigenvalue weighted by atomic mass is 9.77. The van der Waals surface area contributed by atoms with Crippen LogP contribution in [0, 0.1) is 24.5 Å².